The second-order valence-corrected chi connectivity index (χ2v) is 7.40. The van der Waals surface area contributed by atoms with E-state index in [2.05, 4.69) is 39.6 Å². The van der Waals surface area contributed by atoms with Crippen LogP contribution in [-0.4, -0.2) is 57.7 Å². The fourth-order valence-electron chi connectivity index (χ4n) is 3.66. The first-order chi connectivity index (χ1) is 13.2. The summed E-state index contributed by atoms with van der Waals surface area (Å²) in [6, 6.07) is 8.37. The number of rotatable bonds is 10. The van der Waals surface area contributed by atoms with Crippen molar-refractivity contribution in [3.8, 4) is 5.75 Å². The van der Waals surface area contributed by atoms with Crippen molar-refractivity contribution in [3.05, 3.63) is 29.8 Å². The van der Waals surface area contributed by atoms with Gasteiger partial charge in [0.05, 0.1) is 7.11 Å². The van der Waals surface area contributed by atoms with Gasteiger partial charge in [0.15, 0.2) is 5.96 Å². The molecule has 27 heavy (non-hydrogen) atoms. The number of aliphatic imine (C=N–C) groups is 1. The molecule has 0 aliphatic carbocycles. The quantitative estimate of drug-likeness (QED) is 0.375. The van der Waals surface area contributed by atoms with E-state index in [-0.39, 0.29) is 0 Å². The zero-order valence-electron chi connectivity index (χ0n) is 17.5. The molecule has 1 aromatic carbocycles. The van der Waals surface area contributed by atoms with Gasteiger partial charge in [-0.15, -0.1) is 0 Å². The van der Waals surface area contributed by atoms with Crippen LogP contribution < -0.4 is 15.4 Å². The third-order valence-corrected chi connectivity index (χ3v) is 5.57. The number of guanidine groups is 1. The van der Waals surface area contributed by atoms with Gasteiger partial charge in [0.1, 0.15) is 5.75 Å². The lowest BCUT2D eigenvalue weighted by Gasteiger charge is -2.31. The van der Waals surface area contributed by atoms with Crippen LogP contribution >= 0.6 is 0 Å². The number of hydrogen-bond donors (Lipinski definition) is 2. The Kier molecular flexibility index (Phi) is 10.1. The van der Waals surface area contributed by atoms with Crippen LogP contribution in [0.15, 0.2) is 29.3 Å². The number of ether oxygens (including phenoxy) is 1. The first-order valence-corrected chi connectivity index (χ1v) is 10.5. The molecule has 0 spiro atoms. The molecule has 0 bridgehead atoms. The number of piperidine rings is 1. The maximum absolute atomic E-state index is 5.20. The zero-order chi connectivity index (χ0) is 19.3. The molecule has 5 nitrogen and oxygen atoms in total. The van der Waals surface area contributed by atoms with E-state index in [9.17, 15) is 0 Å². The predicted molar refractivity (Wildman–Crippen MR) is 115 cm³/mol. The molecule has 1 aliphatic rings. The van der Waals surface area contributed by atoms with E-state index in [1.165, 1.54) is 50.9 Å². The molecule has 1 aromatic rings. The second-order valence-electron chi connectivity index (χ2n) is 7.40. The molecule has 0 radical (unpaired) electrons. The minimum Gasteiger partial charge on any atom is -0.497 e. The van der Waals surface area contributed by atoms with Crippen LogP contribution in [0.5, 0.6) is 5.75 Å². The van der Waals surface area contributed by atoms with E-state index in [1.54, 1.807) is 7.11 Å². The molecule has 2 rings (SSSR count). The van der Waals surface area contributed by atoms with Gasteiger partial charge in [-0.25, -0.2) is 0 Å². The monoisotopic (exact) mass is 374 g/mol. The van der Waals surface area contributed by atoms with Crippen LogP contribution in [0.2, 0.25) is 0 Å². The maximum atomic E-state index is 5.20. The number of aryl methyl sites for hydroxylation is 1. The van der Waals surface area contributed by atoms with Gasteiger partial charge in [-0.1, -0.05) is 19.1 Å². The van der Waals surface area contributed by atoms with E-state index in [4.69, 9.17) is 4.74 Å². The van der Waals surface area contributed by atoms with Gasteiger partial charge in [-0.3, -0.25) is 4.99 Å². The molecule has 152 valence electrons. The Labute approximate surface area is 165 Å². The van der Waals surface area contributed by atoms with Gasteiger partial charge >= 0.3 is 0 Å². The Balaban J connectivity index is 1.52. The third kappa shape index (κ3) is 8.21. The van der Waals surface area contributed by atoms with Gasteiger partial charge < -0.3 is 20.3 Å². The second kappa shape index (κ2) is 12.6. The first-order valence-electron chi connectivity index (χ1n) is 10.5. The molecule has 2 N–H and O–H groups in total. The summed E-state index contributed by atoms with van der Waals surface area (Å²) in [6.07, 6.45) is 7.35. The number of hydrogen-bond acceptors (Lipinski definition) is 3. The van der Waals surface area contributed by atoms with E-state index < -0.39 is 0 Å². The average Bonchev–Trinajstić information content (AvgIpc) is 2.73. The summed E-state index contributed by atoms with van der Waals surface area (Å²) in [5.41, 5.74) is 1.37. The Morgan fingerprint density at radius 1 is 1.11 bits per heavy atom. The van der Waals surface area contributed by atoms with Gasteiger partial charge in [0.2, 0.25) is 0 Å². The highest BCUT2D eigenvalue weighted by Crippen LogP contribution is 2.19. The fraction of sp³-hybridized carbons (Fsp3) is 0.682. The normalized spacial score (nSPS) is 16.3. The molecular weight excluding hydrogens is 336 g/mol. The lowest BCUT2D eigenvalue weighted by molar-refractivity contribution is 0.187. The molecule has 1 fully saturated rings. The Morgan fingerprint density at radius 2 is 1.81 bits per heavy atom. The summed E-state index contributed by atoms with van der Waals surface area (Å²) < 4.78 is 5.20. The maximum Gasteiger partial charge on any atom is 0.190 e. The molecule has 1 heterocycles. The van der Waals surface area contributed by atoms with Crippen molar-refractivity contribution >= 4 is 5.96 Å². The Hall–Kier alpha value is -1.75. The van der Waals surface area contributed by atoms with Crippen LogP contribution in [0.4, 0.5) is 0 Å². The Bertz CT molecular complexity index is 536. The molecular formula is C22H38N4O. The number of nitrogens with one attached hydrogen (secondary N) is 2. The first kappa shape index (κ1) is 21.5. The molecule has 0 aromatic heterocycles. The zero-order valence-corrected chi connectivity index (χ0v) is 17.5. The standard InChI is InChI=1S/C22H38N4O/c1-4-26-17-13-20(14-18-26)12-16-25-22(23-2)24-15-6-5-7-19-8-10-21(27-3)11-9-19/h8-11,20H,4-7,12-18H2,1-3H3,(H2,23,24,25). The van der Waals surface area contributed by atoms with Crippen LogP contribution in [-0.2, 0) is 6.42 Å². The number of methoxy groups -OCH3 is 1. The molecule has 5 heteroatoms. The summed E-state index contributed by atoms with van der Waals surface area (Å²) in [6.45, 7) is 7.96. The van der Waals surface area contributed by atoms with Crippen LogP contribution in [0.25, 0.3) is 0 Å². The summed E-state index contributed by atoms with van der Waals surface area (Å²) in [5, 5.41) is 6.91. The van der Waals surface area contributed by atoms with Crippen molar-refractivity contribution in [3.63, 3.8) is 0 Å². The van der Waals surface area contributed by atoms with Crippen molar-refractivity contribution in [1.82, 2.24) is 15.5 Å². The van der Waals surface area contributed by atoms with Crippen molar-refractivity contribution in [2.24, 2.45) is 10.9 Å². The summed E-state index contributed by atoms with van der Waals surface area (Å²) in [7, 11) is 3.56. The number of unbranched alkanes of at least 4 members (excludes halogenated alkanes) is 1. The minimum atomic E-state index is 0.864. The number of nitrogens with zero attached hydrogens (tertiary/aromatic N) is 2. The van der Waals surface area contributed by atoms with Gasteiger partial charge in [0, 0.05) is 20.1 Å². The highest BCUT2D eigenvalue weighted by atomic mass is 16.5. The van der Waals surface area contributed by atoms with Crippen LogP contribution in [0, 0.1) is 5.92 Å². The lowest BCUT2D eigenvalue weighted by atomic mass is 9.93. The SMILES string of the molecule is CCN1CCC(CCNC(=NC)NCCCCc2ccc(OC)cc2)CC1. The average molecular weight is 375 g/mol. The third-order valence-electron chi connectivity index (χ3n) is 5.57. The van der Waals surface area contributed by atoms with Crippen LogP contribution in [0.1, 0.15) is 44.6 Å². The summed E-state index contributed by atoms with van der Waals surface area (Å²) >= 11 is 0. The minimum absolute atomic E-state index is 0.864. The van der Waals surface area contributed by atoms with Crippen molar-refractivity contribution in [1.29, 1.82) is 0 Å². The molecule has 0 unspecified atom stereocenters. The van der Waals surface area contributed by atoms with Crippen LogP contribution in [0.3, 0.4) is 0 Å². The van der Waals surface area contributed by atoms with Gasteiger partial charge in [-0.2, -0.15) is 0 Å². The van der Waals surface area contributed by atoms with Crippen molar-refractivity contribution < 1.29 is 4.74 Å². The largest absolute Gasteiger partial charge is 0.497 e. The molecule has 1 aliphatic heterocycles. The molecule has 0 saturated carbocycles. The van der Waals surface area contributed by atoms with E-state index in [0.29, 0.717) is 0 Å². The summed E-state index contributed by atoms with van der Waals surface area (Å²) in [5.74, 6) is 2.72. The predicted octanol–water partition coefficient (Wildman–Crippen LogP) is 3.30. The van der Waals surface area contributed by atoms with Gasteiger partial charge in [-0.05, 0) is 81.8 Å². The van der Waals surface area contributed by atoms with Crippen molar-refractivity contribution in [2.45, 2.75) is 45.4 Å². The summed E-state index contributed by atoms with van der Waals surface area (Å²) in [4.78, 5) is 6.90. The van der Waals surface area contributed by atoms with E-state index in [0.717, 1.165) is 43.6 Å². The number of likely N-dealkylation sites (tertiary alicyclic amines) is 1. The molecule has 0 amide bonds. The molecule has 1 saturated heterocycles. The Morgan fingerprint density at radius 3 is 2.44 bits per heavy atom. The molecule has 0 atom stereocenters. The smallest absolute Gasteiger partial charge is 0.190 e. The fourth-order valence-corrected chi connectivity index (χ4v) is 3.66. The van der Waals surface area contributed by atoms with Crippen molar-refractivity contribution in [2.75, 3.05) is 46.9 Å². The topological polar surface area (TPSA) is 48.9 Å². The number of benzene rings is 1. The highest BCUT2D eigenvalue weighted by molar-refractivity contribution is 5.79. The van der Waals surface area contributed by atoms with E-state index >= 15 is 0 Å². The lowest BCUT2D eigenvalue weighted by Crippen LogP contribution is -2.39. The van der Waals surface area contributed by atoms with E-state index in [1.807, 2.05) is 19.2 Å². The van der Waals surface area contributed by atoms with Gasteiger partial charge in [0.25, 0.3) is 0 Å². The highest BCUT2D eigenvalue weighted by Gasteiger charge is 2.17.